The molecule has 0 saturated carbocycles. The van der Waals surface area contributed by atoms with Crippen molar-refractivity contribution in [2.45, 2.75) is 18.0 Å². The molecule has 0 aliphatic carbocycles. The molecule has 108 valence electrons. The van der Waals surface area contributed by atoms with Crippen LogP contribution in [0, 0.1) is 0 Å². The van der Waals surface area contributed by atoms with Crippen LogP contribution < -0.4 is 10.0 Å². The summed E-state index contributed by atoms with van der Waals surface area (Å²) in [6, 6.07) is 9.25. The van der Waals surface area contributed by atoms with E-state index in [0.29, 0.717) is 11.4 Å². The highest BCUT2D eigenvalue weighted by atomic mass is 79.9. The summed E-state index contributed by atoms with van der Waals surface area (Å²) in [7, 11) is -1.62. The second-order valence-corrected chi connectivity index (χ2v) is 7.91. The molecule has 0 spiro atoms. The quantitative estimate of drug-likeness (QED) is 0.816. The van der Waals surface area contributed by atoms with Gasteiger partial charge in [0, 0.05) is 27.8 Å². The summed E-state index contributed by atoms with van der Waals surface area (Å²) in [5, 5.41) is 4.67. The van der Waals surface area contributed by atoms with E-state index in [2.05, 4.69) is 26.0 Å². The molecular weight excluding hydrogens is 360 g/mol. The number of halogens is 1. The van der Waals surface area contributed by atoms with Crippen LogP contribution in [0.15, 0.2) is 45.1 Å². The van der Waals surface area contributed by atoms with Crippen molar-refractivity contribution < 1.29 is 8.42 Å². The van der Waals surface area contributed by atoms with Gasteiger partial charge in [0.25, 0.3) is 0 Å². The third-order valence-corrected chi connectivity index (χ3v) is 5.61. The number of hydrogen-bond acceptors (Lipinski definition) is 4. The van der Waals surface area contributed by atoms with Gasteiger partial charge in [0.2, 0.25) is 10.0 Å². The molecule has 0 fully saturated rings. The van der Waals surface area contributed by atoms with E-state index >= 15 is 0 Å². The van der Waals surface area contributed by atoms with Gasteiger partial charge < -0.3 is 5.32 Å². The lowest BCUT2D eigenvalue weighted by atomic mass is 10.2. The summed E-state index contributed by atoms with van der Waals surface area (Å²) in [5.41, 5.74) is 0.911. The molecule has 1 aromatic heterocycles. The van der Waals surface area contributed by atoms with E-state index in [0.717, 1.165) is 14.9 Å². The minimum atomic E-state index is -3.45. The normalized spacial score (nSPS) is 11.7. The summed E-state index contributed by atoms with van der Waals surface area (Å²) in [6.07, 6.45) is 0. The zero-order valence-corrected chi connectivity index (χ0v) is 14.1. The van der Waals surface area contributed by atoms with Crippen LogP contribution in [0.1, 0.15) is 10.4 Å². The first kappa shape index (κ1) is 15.7. The molecular formula is C13H15BrN2O2S2. The Balaban J connectivity index is 2.06. The van der Waals surface area contributed by atoms with Crippen LogP contribution in [0.2, 0.25) is 0 Å². The van der Waals surface area contributed by atoms with E-state index in [1.54, 1.807) is 11.4 Å². The Morgan fingerprint density at radius 3 is 2.75 bits per heavy atom. The molecule has 0 atom stereocenters. The van der Waals surface area contributed by atoms with Gasteiger partial charge in [-0.1, -0.05) is 28.1 Å². The standard InChI is InChI=1S/C13H15BrN2O2S2/c1-15-8-12-6-13(9-19-12)20(17,18)16-7-10-3-2-4-11(14)5-10/h2-6,9,15-16H,7-8H2,1H3. The fourth-order valence-corrected chi connectivity index (χ4v) is 4.43. The molecule has 0 aliphatic heterocycles. The van der Waals surface area contributed by atoms with E-state index in [-0.39, 0.29) is 6.54 Å². The molecule has 0 unspecified atom stereocenters. The number of nitrogens with one attached hydrogen (secondary N) is 2. The molecule has 20 heavy (non-hydrogen) atoms. The van der Waals surface area contributed by atoms with Gasteiger partial charge in [-0.3, -0.25) is 0 Å². The molecule has 2 N–H and O–H groups in total. The van der Waals surface area contributed by atoms with Gasteiger partial charge in [-0.2, -0.15) is 0 Å². The van der Waals surface area contributed by atoms with Gasteiger partial charge in [0.05, 0.1) is 4.90 Å². The van der Waals surface area contributed by atoms with Crippen LogP contribution >= 0.6 is 27.3 Å². The predicted octanol–water partition coefficient (Wildman–Crippen LogP) is 2.71. The van der Waals surface area contributed by atoms with Crippen molar-refractivity contribution in [1.82, 2.24) is 10.0 Å². The molecule has 0 aliphatic rings. The van der Waals surface area contributed by atoms with E-state index in [9.17, 15) is 8.42 Å². The van der Waals surface area contributed by atoms with Crippen LogP contribution in [-0.2, 0) is 23.1 Å². The van der Waals surface area contributed by atoms with Crippen LogP contribution in [0.4, 0.5) is 0 Å². The van der Waals surface area contributed by atoms with Crippen molar-refractivity contribution in [2.24, 2.45) is 0 Å². The third kappa shape index (κ3) is 4.13. The second-order valence-electron chi connectivity index (χ2n) is 4.23. The molecule has 0 bridgehead atoms. The average Bonchev–Trinajstić information content (AvgIpc) is 2.87. The summed E-state index contributed by atoms with van der Waals surface area (Å²) < 4.78 is 27.9. The Hall–Kier alpha value is -0.730. The van der Waals surface area contributed by atoms with Gasteiger partial charge in [0.1, 0.15) is 0 Å². The first-order valence-corrected chi connectivity index (χ1v) is 9.13. The van der Waals surface area contributed by atoms with E-state index in [1.807, 2.05) is 31.3 Å². The molecule has 1 heterocycles. The molecule has 2 aromatic rings. The van der Waals surface area contributed by atoms with Crippen molar-refractivity contribution in [2.75, 3.05) is 7.05 Å². The predicted molar refractivity (Wildman–Crippen MR) is 85.3 cm³/mol. The third-order valence-electron chi connectivity index (χ3n) is 2.65. The molecule has 0 amide bonds. The van der Waals surface area contributed by atoms with Crippen LogP contribution in [0.25, 0.3) is 0 Å². The number of thiophene rings is 1. The maximum Gasteiger partial charge on any atom is 0.241 e. The van der Waals surface area contributed by atoms with Crippen molar-refractivity contribution in [1.29, 1.82) is 0 Å². The second kappa shape index (κ2) is 6.82. The van der Waals surface area contributed by atoms with Gasteiger partial charge in [-0.05, 0) is 30.8 Å². The SMILES string of the molecule is CNCc1cc(S(=O)(=O)NCc2cccc(Br)c2)cs1. The largest absolute Gasteiger partial charge is 0.315 e. The summed E-state index contributed by atoms with van der Waals surface area (Å²) in [5.74, 6) is 0. The van der Waals surface area contributed by atoms with Crippen molar-refractivity contribution in [3.05, 3.63) is 50.6 Å². The van der Waals surface area contributed by atoms with E-state index in [4.69, 9.17) is 0 Å². The molecule has 7 heteroatoms. The summed E-state index contributed by atoms with van der Waals surface area (Å²) in [4.78, 5) is 1.32. The molecule has 0 saturated heterocycles. The van der Waals surface area contributed by atoms with E-state index < -0.39 is 10.0 Å². The Bertz CT molecular complexity index is 683. The number of hydrogen-bond donors (Lipinski definition) is 2. The average molecular weight is 375 g/mol. The lowest BCUT2D eigenvalue weighted by Crippen LogP contribution is -2.22. The first-order chi connectivity index (χ1) is 9.51. The zero-order chi connectivity index (χ0) is 14.6. The topological polar surface area (TPSA) is 58.2 Å². The van der Waals surface area contributed by atoms with Crippen molar-refractivity contribution in [3.8, 4) is 0 Å². The maximum atomic E-state index is 12.2. The molecule has 2 rings (SSSR count). The fourth-order valence-electron chi connectivity index (χ4n) is 1.68. The van der Waals surface area contributed by atoms with E-state index in [1.165, 1.54) is 11.3 Å². The highest BCUT2D eigenvalue weighted by Crippen LogP contribution is 2.19. The smallest absolute Gasteiger partial charge is 0.241 e. The van der Waals surface area contributed by atoms with Crippen LogP contribution in [0.3, 0.4) is 0 Å². The molecule has 0 radical (unpaired) electrons. The van der Waals surface area contributed by atoms with Crippen LogP contribution in [0.5, 0.6) is 0 Å². The monoisotopic (exact) mass is 374 g/mol. The van der Waals surface area contributed by atoms with Crippen molar-refractivity contribution in [3.63, 3.8) is 0 Å². The van der Waals surface area contributed by atoms with Gasteiger partial charge in [-0.15, -0.1) is 11.3 Å². The van der Waals surface area contributed by atoms with Gasteiger partial charge >= 0.3 is 0 Å². The maximum absolute atomic E-state index is 12.2. The molecule has 1 aromatic carbocycles. The van der Waals surface area contributed by atoms with Gasteiger partial charge in [0.15, 0.2) is 0 Å². The Morgan fingerprint density at radius 1 is 1.25 bits per heavy atom. The lowest BCUT2D eigenvalue weighted by molar-refractivity contribution is 0.581. The highest BCUT2D eigenvalue weighted by molar-refractivity contribution is 9.10. The zero-order valence-electron chi connectivity index (χ0n) is 10.9. The van der Waals surface area contributed by atoms with Gasteiger partial charge in [-0.25, -0.2) is 13.1 Å². The summed E-state index contributed by atoms with van der Waals surface area (Å²) in [6.45, 7) is 0.949. The Kier molecular flexibility index (Phi) is 5.34. The summed E-state index contributed by atoms with van der Waals surface area (Å²) >= 11 is 4.80. The number of rotatable bonds is 6. The van der Waals surface area contributed by atoms with Crippen LogP contribution in [-0.4, -0.2) is 15.5 Å². The Morgan fingerprint density at radius 2 is 2.05 bits per heavy atom. The number of sulfonamides is 1. The molecule has 4 nitrogen and oxygen atoms in total. The Labute approximate surface area is 131 Å². The fraction of sp³-hybridized carbons (Fsp3) is 0.231. The number of benzene rings is 1. The minimum Gasteiger partial charge on any atom is -0.315 e. The minimum absolute atomic E-state index is 0.277. The van der Waals surface area contributed by atoms with Crippen molar-refractivity contribution >= 4 is 37.3 Å². The highest BCUT2D eigenvalue weighted by Gasteiger charge is 2.15. The lowest BCUT2D eigenvalue weighted by Gasteiger charge is -2.05. The first-order valence-electron chi connectivity index (χ1n) is 5.97.